The van der Waals surface area contributed by atoms with Gasteiger partial charge >= 0.3 is 0 Å². The van der Waals surface area contributed by atoms with Crippen LogP contribution in [0.4, 0.5) is 0 Å². The molecule has 29 heavy (non-hydrogen) atoms. The summed E-state index contributed by atoms with van der Waals surface area (Å²) in [4.78, 5) is 28.7. The molecule has 7 heteroatoms. The Morgan fingerprint density at radius 2 is 1.52 bits per heavy atom. The fraction of sp³-hybridized carbons (Fsp3) is 0.364. The molecular weight excluding hydrogens is 411 g/mol. The van der Waals surface area contributed by atoms with E-state index >= 15 is 0 Å². The maximum Gasteiger partial charge on any atom is 0.260 e. The van der Waals surface area contributed by atoms with Crippen molar-refractivity contribution in [3.63, 3.8) is 0 Å². The van der Waals surface area contributed by atoms with Crippen LogP contribution in [0.15, 0.2) is 30.3 Å². The average molecular weight is 435 g/mol. The molecule has 1 saturated heterocycles. The SMILES string of the molecule is Cc1ccc(C)c(OCC(=O)N2CCN(C(=O)c3ccc(Cl)c(Cl)c3)CC2)c1C. The highest BCUT2D eigenvalue weighted by Gasteiger charge is 2.25. The molecular formula is C22H24Cl2N2O3. The number of benzene rings is 2. The fourth-order valence-electron chi connectivity index (χ4n) is 3.34. The number of ether oxygens (including phenoxy) is 1. The molecule has 1 heterocycles. The Morgan fingerprint density at radius 1 is 0.897 bits per heavy atom. The van der Waals surface area contributed by atoms with Gasteiger partial charge in [0.2, 0.25) is 0 Å². The molecule has 0 bridgehead atoms. The number of amides is 2. The lowest BCUT2D eigenvalue weighted by molar-refractivity contribution is -0.134. The second-order valence-corrected chi connectivity index (χ2v) is 8.06. The predicted molar refractivity (Wildman–Crippen MR) is 115 cm³/mol. The monoisotopic (exact) mass is 434 g/mol. The Kier molecular flexibility index (Phi) is 6.70. The maximum atomic E-state index is 12.7. The van der Waals surface area contributed by atoms with Gasteiger partial charge in [-0.15, -0.1) is 0 Å². The van der Waals surface area contributed by atoms with Gasteiger partial charge in [-0.3, -0.25) is 9.59 Å². The smallest absolute Gasteiger partial charge is 0.260 e. The Bertz CT molecular complexity index is 938. The summed E-state index contributed by atoms with van der Waals surface area (Å²) in [5.41, 5.74) is 3.69. The van der Waals surface area contributed by atoms with Crippen molar-refractivity contribution >= 4 is 35.0 Å². The number of rotatable bonds is 4. The highest BCUT2D eigenvalue weighted by atomic mass is 35.5. The molecule has 0 aromatic heterocycles. The molecule has 1 aliphatic heterocycles. The summed E-state index contributed by atoms with van der Waals surface area (Å²) in [6, 6.07) is 8.89. The van der Waals surface area contributed by atoms with E-state index in [1.54, 1.807) is 28.0 Å². The molecule has 0 saturated carbocycles. The minimum atomic E-state index is -0.113. The van der Waals surface area contributed by atoms with Gasteiger partial charge in [-0.05, 0) is 55.7 Å². The molecule has 2 amide bonds. The Hall–Kier alpha value is -2.24. The number of aryl methyl sites for hydroxylation is 2. The van der Waals surface area contributed by atoms with Crippen molar-refractivity contribution in [2.75, 3.05) is 32.8 Å². The second kappa shape index (κ2) is 9.06. The van der Waals surface area contributed by atoms with Gasteiger partial charge in [0.1, 0.15) is 5.75 Å². The molecule has 0 aliphatic carbocycles. The molecule has 0 N–H and O–H groups in total. The van der Waals surface area contributed by atoms with Crippen molar-refractivity contribution in [2.24, 2.45) is 0 Å². The van der Waals surface area contributed by atoms with Crippen LogP contribution in [-0.2, 0) is 4.79 Å². The zero-order valence-corrected chi connectivity index (χ0v) is 18.3. The van der Waals surface area contributed by atoms with E-state index in [0.29, 0.717) is 41.8 Å². The molecule has 3 rings (SSSR count). The summed E-state index contributed by atoms with van der Waals surface area (Å²) < 4.78 is 5.83. The number of nitrogens with zero attached hydrogens (tertiary/aromatic N) is 2. The lowest BCUT2D eigenvalue weighted by Gasteiger charge is -2.34. The largest absolute Gasteiger partial charge is 0.483 e. The van der Waals surface area contributed by atoms with Crippen LogP contribution in [0.1, 0.15) is 27.0 Å². The Balaban J connectivity index is 1.55. The number of carbonyl (C=O) groups is 2. The third-order valence-electron chi connectivity index (χ3n) is 5.30. The predicted octanol–water partition coefficient (Wildman–Crippen LogP) is 4.28. The summed E-state index contributed by atoms with van der Waals surface area (Å²) >= 11 is 11.9. The number of carbonyl (C=O) groups excluding carboxylic acids is 2. The quantitative estimate of drug-likeness (QED) is 0.721. The third-order valence-corrected chi connectivity index (χ3v) is 6.04. The molecule has 5 nitrogen and oxygen atoms in total. The first-order chi connectivity index (χ1) is 13.8. The number of halogens is 2. The summed E-state index contributed by atoms with van der Waals surface area (Å²) in [6.07, 6.45) is 0. The van der Waals surface area contributed by atoms with Gasteiger partial charge in [-0.25, -0.2) is 0 Å². The van der Waals surface area contributed by atoms with Crippen molar-refractivity contribution in [3.05, 3.63) is 62.6 Å². The van der Waals surface area contributed by atoms with E-state index in [1.165, 1.54) is 0 Å². The zero-order valence-electron chi connectivity index (χ0n) is 16.8. The van der Waals surface area contributed by atoms with E-state index in [2.05, 4.69) is 0 Å². The normalized spacial score (nSPS) is 14.1. The molecule has 1 fully saturated rings. The Labute approximate surface area is 181 Å². The van der Waals surface area contributed by atoms with Gasteiger partial charge in [0.05, 0.1) is 10.0 Å². The topological polar surface area (TPSA) is 49.9 Å². The second-order valence-electron chi connectivity index (χ2n) is 7.24. The van der Waals surface area contributed by atoms with Gasteiger partial charge in [-0.1, -0.05) is 35.3 Å². The van der Waals surface area contributed by atoms with Crippen molar-refractivity contribution < 1.29 is 14.3 Å². The summed E-state index contributed by atoms with van der Waals surface area (Å²) in [7, 11) is 0. The van der Waals surface area contributed by atoms with Crippen LogP contribution in [0.25, 0.3) is 0 Å². The van der Waals surface area contributed by atoms with Crippen molar-refractivity contribution in [3.8, 4) is 5.75 Å². The Morgan fingerprint density at radius 3 is 2.17 bits per heavy atom. The van der Waals surface area contributed by atoms with Gasteiger partial charge in [0.15, 0.2) is 6.61 Å². The van der Waals surface area contributed by atoms with Gasteiger partial charge < -0.3 is 14.5 Å². The average Bonchev–Trinajstić information content (AvgIpc) is 2.72. The third kappa shape index (κ3) is 4.85. The molecule has 0 atom stereocenters. The van der Waals surface area contributed by atoms with Crippen LogP contribution in [-0.4, -0.2) is 54.4 Å². The first-order valence-electron chi connectivity index (χ1n) is 9.49. The molecule has 2 aromatic rings. The van der Waals surface area contributed by atoms with Crippen LogP contribution in [0.2, 0.25) is 10.0 Å². The molecule has 0 unspecified atom stereocenters. The van der Waals surface area contributed by atoms with Crippen LogP contribution in [0.5, 0.6) is 5.75 Å². The lowest BCUT2D eigenvalue weighted by atomic mass is 10.1. The van der Waals surface area contributed by atoms with Gasteiger partial charge in [0.25, 0.3) is 11.8 Å². The van der Waals surface area contributed by atoms with Crippen molar-refractivity contribution in [1.29, 1.82) is 0 Å². The molecule has 0 radical (unpaired) electrons. The van der Waals surface area contributed by atoms with E-state index in [9.17, 15) is 9.59 Å². The van der Waals surface area contributed by atoms with E-state index in [1.807, 2.05) is 32.9 Å². The summed E-state index contributed by atoms with van der Waals surface area (Å²) in [6.45, 7) is 7.86. The minimum absolute atomic E-state index is 0.00806. The van der Waals surface area contributed by atoms with Gasteiger partial charge in [0, 0.05) is 31.7 Å². The van der Waals surface area contributed by atoms with Crippen LogP contribution in [0, 0.1) is 20.8 Å². The highest BCUT2D eigenvalue weighted by molar-refractivity contribution is 6.42. The van der Waals surface area contributed by atoms with E-state index in [-0.39, 0.29) is 18.4 Å². The van der Waals surface area contributed by atoms with Gasteiger partial charge in [-0.2, -0.15) is 0 Å². The highest BCUT2D eigenvalue weighted by Crippen LogP contribution is 2.26. The van der Waals surface area contributed by atoms with Crippen molar-refractivity contribution in [2.45, 2.75) is 20.8 Å². The molecule has 154 valence electrons. The fourth-order valence-corrected chi connectivity index (χ4v) is 3.64. The first-order valence-corrected chi connectivity index (χ1v) is 10.2. The lowest BCUT2D eigenvalue weighted by Crippen LogP contribution is -2.51. The van der Waals surface area contributed by atoms with Crippen molar-refractivity contribution in [1.82, 2.24) is 9.80 Å². The van der Waals surface area contributed by atoms with Crippen LogP contribution < -0.4 is 4.74 Å². The molecule has 2 aromatic carbocycles. The van der Waals surface area contributed by atoms with Crippen LogP contribution >= 0.6 is 23.2 Å². The molecule has 0 spiro atoms. The van der Waals surface area contributed by atoms with E-state index in [0.717, 1.165) is 22.4 Å². The standard InChI is InChI=1S/C22H24Cl2N2O3/c1-14-4-5-15(2)21(16(14)3)29-13-20(27)25-8-10-26(11-9-25)22(28)17-6-7-18(23)19(24)12-17/h4-7,12H,8-11,13H2,1-3H3. The first kappa shape index (κ1) is 21.5. The van der Waals surface area contributed by atoms with E-state index < -0.39 is 0 Å². The number of hydrogen-bond donors (Lipinski definition) is 0. The number of hydrogen-bond acceptors (Lipinski definition) is 3. The minimum Gasteiger partial charge on any atom is -0.483 e. The number of piperazine rings is 1. The van der Waals surface area contributed by atoms with E-state index in [4.69, 9.17) is 27.9 Å². The molecule has 1 aliphatic rings. The zero-order chi connectivity index (χ0) is 21.1. The summed E-state index contributed by atoms with van der Waals surface area (Å²) in [5, 5.41) is 0.767. The van der Waals surface area contributed by atoms with Crippen LogP contribution in [0.3, 0.4) is 0 Å². The maximum absolute atomic E-state index is 12.7. The summed E-state index contributed by atoms with van der Waals surface area (Å²) in [5.74, 6) is 0.580.